The lowest BCUT2D eigenvalue weighted by Crippen LogP contribution is -2.54. The number of nitrogens with two attached hydrogens (primary N) is 1. The van der Waals surface area contributed by atoms with Crippen molar-refractivity contribution in [2.75, 3.05) is 32.7 Å². The lowest BCUT2D eigenvalue weighted by atomic mass is 9.85. The van der Waals surface area contributed by atoms with Gasteiger partial charge in [-0.15, -0.1) is 5.06 Å². The van der Waals surface area contributed by atoms with Gasteiger partial charge >= 0.3 is 12.2 Å². The number of hydroxylamine groups is 2. The number of likely N-dealkylation sites (tertiary alicyclic amines) is 1. The molecule has 0 spiro atoms. The largest absolute Gasteiger partial charge is 0.528 e. The van der Waals surface area contributed by atoms with Gasteiger partial charge in [0.2, 0.25) is 0 Å². The number of carbonyl (C=O) groups excluding carboxylic acids is 2. The molecule has 0 aromatic heterocycles. The molecular weight excluding hydrogens is 386 g/mol. The fourth-order valence-corrected chi connectivity index (χ4v) is 4.34. The van der Waals surface area contributed by atoms with Crippen LogP contribution in [0.5, 0.6) is 0 Å². The molecule has 2 heterocycles. The highest BCUT2D eigenvalue weighted by Crippen LogP contribution is 2.30. The lowest BCUT2D eigenvalue weighted by Gasteiger charge is -2.45. The predicted molar refractivity (Wildman–Crippen MR) is 109 cm³/mol. The summed E-state index contributed by atoms with van der Waals surface area (Å²) in [6, 6.07) is 8.43. The molecule has 3 N–H and O–H groups in total. The molecule has 0 aliphatic carbocycles. The first-order valence-corrected chi connectivity index (χ1v) is 10.2. The van der Waals surface area contributed by atoms with E-state index >= 15 is 0 Å². The Bertz CT molecular complexity index is 778. The van der Waals surface area contributed by atoms with Gasteiger partial charge < -0.3 is 25.5 Å². The second-order valence-electron chi connectivity index (χ2n) is 8.34. The molecule has 30 heavy (non-hydrogen) atoms. The summed E-state index contributed by atoms with van der Waals surface area (Å²) in [5.41, 5.74) is 6.87. The van der Waals surface area contributed by atoms with E-state index in [0.29, 0.717) is 37.0 Å². The molecule has 3 unspecified atom stereocenters. The second-order valence-corrected chi connectivity index (χ2v) is 8.34. The van der Waals surface area contributed by atoms with Crippen molar-refractivity contribution in [2.24, 2.45) is 17.6 Å². The quantitative estimate of drug-likeness (QED) is 0.682. The number of nitrogens with zero attached hydrogens (tertiary/aromatic N) is 3. The van der Waals surface area contributed by atoms with Crippen LogP contribution in [0.1, 0.15) is 37.4 Å². The van der Waals surface area contributed by atoms with Crippen LogP contribution in [0.2, 0.25) is 0 Å². The first-order chi connectivity index (χ1) is 14.3. The van der Waals surface area contributed by atoms with Crippen LogP contribution in [0, 0.1) is 23.2 Å². The first-order valence-electron chi connectivity index (χ1n) is 10.2. The van der Waals surface area contributed by atoms with Crippen molar-refractivity contribution in [3.63, 3.8) is 0 Å². The molecule has 9 heteroatoms. The molecule has 2 saturated heterocycles. The Hall–Kier alpha value is -2.83. The summed E-state index contributed by atoms with van der Waals surface area (Å²) in [7, 11) is 0. The van der Waals surface area contributed by atoms with Gasteiger partial charge in [-0.2, -0.15) is 5.26 Å². The van der Waals surface area contributed by atoms with Gasteiger partial charge in [0.25, 0.3) is 0 Å². The third kappa shape index (κ3) is 6.08. The molecule has 162 valence electrons. The number of primary amides is 1. The van der Waals surface area contributed by atoms with Crippen LogP contribution >= 0.6 is 0 Å². The lowest BCUT2D eigenvalue weighted by molar-refractivity contribution is -0.172. The van der Waals surface area contributed by atoms with Gasteiger partial charge in [0.05, 0.1) is 23.8 Å². The fourth-order valence-electron chi connectivity index (χ4n) is 4.34. The number of benzene rings is 1. The number of nitrogens with one attached hydrogen (secondary N) is 1. The van der Waals surface area contributed by atoms with Crippen LogP contribution in [-0.2, 0) is 9.57 Å². The van der Waals surface area contributed by atoms with E-state index in [1.165, 1.54) is 0 Å². The number of fused-ring (bicyclic) bond motifs is 2. The zero-order chi connectivity index (χ0) is 21.7. The zero-order valence-electron chi connectivity index (χ0n) is 17.4. The predicted octanol–water partition coefficient (Wildman–Crippen LogP) is 2.00. The summed E-state index contributed by atoms with van der Waals surface area (Å²) in [5, 5.41) is 13.5. The average molecular weight is 415 g/mol. The molecule has 0 radical (unpaired) electrons. The van der Waals surface area contributed by atoms with E-state index in [0.717, 1.165) is 25.1 Å². The van der Waals surface area contributed by atoms with Gasteiger partial charge in [-0.05, 0) is 49.8 Å². The number of nitriles is 1. The van der Waals surface area contributed by atoms with Gasteiger partial charge in [-0.1, -0.05) is 12.1 Å². The van der Waals surface area contributed by atoms with E-state index in [2.05, 4.69) is 16.3 Å². The molecule has 0 saturated carbocycles. The highest BCUT2D eigenvalue weighted by molar-refractivity contribution is 5.72. The van der Waals surface area contributed by atoms with E-state index in [1.54, 1.807) is 31.0 Å². The third-order valence-corrected chi connectivity index (χ3v) is 5.36. The van der Waals surface area contributed by atoms with Crippen molar-refractivity contribution in [2.45, 2.75) is 32.4 Å². The standard InChI is InChI=1S/C21H29N5O4/c1-14(2)29-21(28)30-26-11-16-7-17(12-26)10-25(9-16)13-19(24-20(23)27)18-5-3-15(8-22)4-6-18/h3-6,14,16-17,19H,7,9-13H2,1-2H3,(H3,23,24,27). The highest BCUT2D eigenvalue weighted by Gasteiger charge is 2.36. The van der Waals surface area contributed by atoms with Crippen LogP contribution in [0.25, 0.3) is 0 Å². The van der Waals surface area contributed by atoms with Gasteiger partial charge in [0.1, 0.15) is 0 Å². The van der Waals surface area contributed by atoms with Crippen molar-refractivity contribution in [1.29, 1.82) is 5.26 Å². The van der Waals surface area contributed by atoms with E-state index in [4.69, 9.17) is 20.6 Å². The molecule has 3 atom stereocenters. The number of hydrogen-bond acceptors (Lipinski definition) is 7. The summed E-state index contributed by atoms with van der Waals surface area (Å²) in [5.74, 6) is 0.721. The van der Waals surface area contributed by atoms with Crippen LogP contribution in [0.3, 0.4) is 0 Å². The summed E-state index contributed by atoms with van der Waals surface area (Å²) >= 11 is 0. The Morgan fingerprint density at radius 1 is 1.20 bits per heavy atom. The normalized spacial score (nSPS) is 22.7. The monoisotopic (exact) mass is 415 g/mol. The van der Waals surface area contributed by atoms with Crippen LogP contribution in [0.15, 0.2) is 24.3 Å². The van der Waals surface area contributed by atoms with Crippen LogP contribution in [-0.4, -0.2) is 61.0 Å². The number of rotatable bonds is 6. The summed E-state index contributed by atoms with van der Waals surface area (Å²) in [4.78, 5) is 31.0. The van der Waals surface area contributed by atoms with E-state index < -0.39 is 12.2 Å². The molecule has 1 aromatic carbocycles. The first kappa shape index (κ1) is 21.9. The third-order valence-electron chi connectivity index (χ3n) is 5.36. The zero-order valence-corrected chi connectivity index (χ0v) is 17.4. The van der Waals surface area contributed by atoms with E-state index in [1.807, 2.05) is 12.1 Å². The number of amides is 2. The van der Waals surface area contributed by atoms with Gasteiger partial charge in [-0.25, -0.2) is 9.59 Å². The maximum atomic E-state index is 11.8. The average Bonchev–Trinajstić information content (AvgIpc) is 2.66. The van der Waals surface area contributed by atoms with E-state index in [-0.39, 0.29) is 12.1 Å². The summed E-state index contributed by atoms with van der Waals surface area (Å²) in [6.45, 7) is 7.18. The van der Waals surface area contributed by atoms with Gasteiger partial charge in [0.15, 0.2) is 0 Å². The highest BCUT2D eigenvalue weighted by atomic mass is 16.8. The topological polar surface area (TPSA) is 121 Å². The van der Waals surface area contributed by atoms with Crippen molar-refractivity contribution >= 4 is 12.2 Å². The Balaban J connectivity index is 1.60. The smallest absolute Gasteiger partial charge is 0.430 e. The fraction of sp³-hybridized carbons (Fsp3) is 0.571. The minimum atomic E-state index is -0.659. The number of carbonyl (C=O) groups is 2. The Morgan fingerprint density at radius 3 is 2.37 bits per heavy atom. The minimum absolute atomic E-state index is 0.214. The summed E-state index contributed by atoms with van der Waals surface area (Å²) < 4.78 is 5.07. The molecule has 1 aromatic rings. The number of piperidine rings is 2. The molecule has 3 rings (SSSR count). The van der Waals surface area contributed by atoms with Crippen molar-refractivity contribution in [3.05, 3.63) is 35.4 Å². The Kier molecular flexibility index (Phi) is 7.13. The van der Waals surface area contributed by atoms with Gasteiger partial charge in [0, 0.05) is 32.7 Å². The molecule has 2 aliphatic heterocycles. The summed E-state index contributed by atoms with van der Waals surface area (Å²) in [6.07, 6.45) is 0.211. The van der Waals surface area contributed by atoms with Crippen LogP contribution < -0.4 is 11.1 Å². The van der Waals surface area contributed by atoms with Crippen LogP contribution in [0.4, 0.5) is 9.59 Å². The molecule has 9 nitrogen and oxygen atoms in total. The maximum absolute atomic E-state index is 11.8. The Labute approximate surface area is 176 Å². The molecule has 2 bridgehead atoms. The SMILES string of the molecule is CC(C)OC(=O)ON1CC2CC(CN(CC(NC(N)=O)c3ccc(C#N)cc3)C2)C1. The second kappa shape index (κ2) is 9.78. The molecule has 2 amide bonds. The molecular formula is C21H29N5O4. The van der Waals surface area contributed by atoms with Gasteiger partial charge in [-0.3, -0.25) is 0 Å². The van der Waals surface area contributed by atoms with Crippen molar-refractivity contribution in [1.82, 2.24) is 15.3 Å². The number of ether oxygens (including phenoxy) is 1. The van der Waals surface area contributed by atoms with E-state index in [9.17, 15) is 9.59 Å². The number of hydrogen-bond donors (Lipinski definition) is 2. The molecule has 2 aliphatic rings. The minimum Gasteiger partial charge on any atom is -0.430 e. The van der Waals surface area contributed by atoms with Crippen molar-refractivity contribution < 1.29 is 19.2 Å². The molecule has 2 fully saturated rings. The maximum Gasteiger partial charge on any atom is 0.528 e. The number of urea groups is 1. The Morgan fingerprint density at radius 2 is 1.83 bits per heavy atom. The van der Waals surface area contributed by atoms with Crippen molar-refractivity contribution in [3.8, 4) is 6.07 Å².